The molecular formula is C19H25N3O2S2. The maximum absolute atomic E-state index is 12.5. The summed E-state index contributed by atoms with van der Waals surface area (Å²) in [7, 11) is 0. The van der Waals surface area contributed by atoms with Crippen molar-refractivity contribution in [3.8, 4) is 6.07 Å². The van der Waals surface area contributed by atoms with Crippen LogP contribution in [0.1, 0.15) is 45.1 Å². The number of nitrogens with zero attached hydrogens (tertiary/aromatic N) is 1. The lowest BCUT2D eigenvalue weighted by atomic mass is 10.0. The number of anilines is 2. The Balaban J connectivity index is 2.15. The number of benzene rings is 1. The lowest BCUT2D eigenvalue weighted by Gasteiger charge is -2.14. The highest BCUT2D eigenvalue weighted by Gasteiger charge is 2.29. The first kappa shape index (κ1) is 20.5. The number of fused-ring (bicyclic) bond motifs is 1. The van der Waals surface area contributed by atoms with Crippen LogP contribution in [0.4, 0.5) is 11.4 Å². The van der Waals surface area contributed by atoms with E-state index in [0.717, 1.165) is 41.0 Å². The van der Waals surface area contributed by atoms with Gasteiger partial charge in [-0.3, -0.25) is 0 Å². The Labute approximate surface area is 163 Å². The Kier molecular flexibility index (Phi) is 7.30. The summed E-state index contributed by atoms with van der Waals surface area (Å²) < 4.78 is 6.01. The number of carbonyl (C=O) groups excluding carboxylic acids is 1. The second-order valence-electron chi connectivity index (χ2n) is 6.35. The number of unbranched alkanes of at least 4 members (excludes halogenated alkanes) is 1. The summed E-state index contributed by atoms with van der Waals surface area (Å²) >= 11 is 2.64. The quantitative estimate of drug-likeness (QED) is 0.296. The van der Waals surface area contributed by atoms with E-state index in [1.807, 2.05) is 19.1 Å². The largest absolute Gasteiger partial charge is 0.461 e. The van der Waals surface area contributed by atoms with Crippen LogP contribution < -0.4 is 11.5 Å². The fourth-order valence-corrected chi connectivity index (χ4v) is 5.27. The summed E-state index contributed by atoms with van der Waals surface area (Å²) in [5.41, 5.74) is 14.4. The molecule has 1 aromatic carbocycles. The van der Waals surface area contributed by atoms with Crippen LogP contribution in [0, 0.1) is 24.2 Å². The van der Waals surface area contributed by atoms with Crippen LogP contribution in [-0.2, 0) is 9.53 Å². The first-order valence-corrected chi connectivity index (χ1v) is 10.4. The molecule has 26 heavy (non-hydrogen) atoms. The number of nitrogens with two attached hydrogens (primary N) is 2. The molecule has 4 N–H and O–H groups in total. The molecule has 140 valence electrons. The molecule has 0 aromatic heterocycles. The molecule has 0 bridgehead atoms. The maximum atomic E-state index is 12.5. The molecule has 0 aliphatic carbocycles. The number of nitrogen functional groups attached to an aromatic ring is 2. The van der Waals surface area contributed by atoms with Crippen molar-refractivity contribution < 1.29 is 9.53 Å². The van der Waals surface area contributed by atoms with E-state index in [9.17, 15) is 10.1 Å². The second-order valence-corrected chi connectivity index (χ2v) is 8.65. The number of carbonyl (C=O) groups is 1. The number of hydrogen-bond acceptors (Lipinski definition) is 7. The second kappa shape index (κ2) is 9.24. The standard InChI is InChI=1S/C19H25N3O2S2/c1-4-6-7-12(5-2)10-24-18(23)13(9-20)19-25-16-14(21)8-11(3)15(22)17(16)26-19/h8,12H,4-7,10,21-22H2,1-3H3/b19-13+. The zero-order valence-corrected chi connectivity index (χ0v) is 17.1. The Hall–Kier alpha value is -1.78. The van der Waals surface area contributed by atoms with E-state index in [2.05, 4.69) is 13.8 Å². The van der Waals surface area contributed by atoms with E-state index < -0.39 is 5.97 Å². The van der Waals surface area contributed by atoms with Gasteiger partial charge < -0.3 is 16.2 Å². The van der Waals surface area contributed by atoms with Crippen LogP contribution in [0.25, 0.3) is 0 Å². The maximum Gasteiger partial charge on any atom is 0.350 e. The summed E-state index contributed by atoms with van der Waals surface area (Å²) in [6.45, 7) is 6.46. The number of thioether (sulfide) groups is 2. The van der Waals surface area contributed by atoms with Gasteiger partial charge in [0.15, 0.2) is 5.57 Å². The summed E-state index contributed by atoms with van der Waals surface area (Å²) in [5.74, 6) is -0.238. The van der Waals surface area contributed by atoms with Gasteiger partial charge in [-0.2, -0.15) is 5.26 Å². The van der Waals surface area contributed by atoms with Gasteiger partial charge in [0.2, 0.25) is 0 Å². The van der Waals surface area contributed by atoms with Gasteiger partial charge in [0.1, 0.15) is 6.07 Å². The Morgan fingerprint density at radius 1 is 1.31 bits per heavy atom. The Bertz CT molecular complexity index is 769. The number of nitriles is 1. The number of esters is 1. The topological polar surface area (TPSA) is 102 Å². The summed E-state index contributed by atoms with van der Waals surface area (Å²) in [6.07, 6.45) is 4.21. The van der Waals surface area contributed by atoms with E-state index in [1.54, 1.807) is 0 Å². The van der Waals surface area contributed by atoms with E-state index >= 15 is 0 Å². The molecule has 0 radical (unpaired) electrons. The van der Waals surface area contributed by atoms with Crippen LogP contribution in [0.15, 0.2) is 25.7 Å². The number of hydrogen-bond donors (Lipinski definition) is 2. The van der Waals surface area contributed by atoms with Crippen molar-refractivity contribution in [2.75, 3.05) is 18.1 Å². The molecule has 1 aromatic rings. The molecule has 1 unspecified atom stereocenters. The minimum absolute atomic E-state index is 0.0259. The molecule has 0 saturated heterocycles. The highest BCUT2D eigenvalue weighted by molar-refractivity contribution is 8.25. The van der Waals surface area contributed by atoms with Crippen molar-refractivity contribution in [2.45, 2.75) is 56.2 Å². The van der Waals surface area contributed by atoms with Crippen molar-refractivity contribution in [2.24, 2.45) is 5.92 Å². The number of aryl methyl sites for hydroxylation is 1. The first-order valence-electron chi connectivity index (χ1n) is 8.78. The SMILES string of the molecule is CCCCC(CC)COC(=O)/C(C#N)=C1\Sc2c(N)cc(C)c(N)c2S1. The molecule has 1 aliphatic heterocycles. The highest BCUT2D eigenvalue weighted by Crippen LogP contribution is 2.57. The lowest BCUT2D eigenvalue weighted by molar-refractivity contribution is -0.140. The fraction of sp³-hybridized carbons (Fsp3) is 0.474. The van der Waals surface area contributed by atoms with Gasteiger partial charge >= 0.3 is 5.97 Å². The molecular weight excluding hydrogens is 366 g/mol. The molecule has 1 atom stereocenters. The predicted octanol–water partition coefficient (Wildman–Crippen LogP) is 4.85. The zero-order chi connectivity index (χ0) is 19.3. The van der Waals surface area contributed by atoms with Gasteiger partial charge in [0, 0.05) is 11.4 Å². The average molecular weight is 392 g/mol. The van der Waals surface area contributed by atoms with Gasteiger partial charge in [0.05, 0.1) is 20.6 Å². The third-order valence-electron chi connectivity index (χ3n) is 4.41. The number of ether oxygens (including phenoxy) is 1. The minimum Gasteiger partial charge on any atom is -0.461 e. The van der Waals surface area contributed by atoms with Crippen molar-refractivity contribution in [3.05, 3.63) is 21.4 Å². The third kappa shape index (κ3) is 4.49. The van der Waals surface area contributed by atoms with Crippen LogP contribution in [0.5, 0.6) is 0 Å². The van der Waals surface area contributed by atoms with Crippen LogP contribution in [-0.4, -0.2) is 12.6 Å². The van der Waals surface area contributed by atoms with Gasteiger partial charge in [-0.25, -0.2) is 4.79 Å². The molecule has 0 fully saturated rings. The van der Waals surface area contributed by atoms with Crippen molar-refractivity contribution in [1.29, 1.82) is 5.26 Å². The number of rotatable bonds is 7. The molecule has 5 nitrogen and oxygen atoms in total. The first-order chi connectivity index (χ1) is 12.4. The smallest absolute Gasteiger partial charge is 0.350 e. The van der Waals surface area contributed by atoms with Crippen LogP contribution in [0.3, 0.4) is 0 Å². The van der Waals surface area contributed by atoms with Crippen molar-refractivity contribution in [1.82, 2.24) is 0 Å². The fourth-order valence-electron chi connectivity index (χ4n) is 2.66. The van der Waals surface area contributed by atoms with Gasteiger partial charge in [-0.05, 0) is 30.9 Å². The van der Waals surface area contributed by atoms with E-state index in [0.29, 0.717) is 28.1 Å². The van der Waals surface area contributed by atoms with Gasteiger partial charge in [0.25, 0.3) is 0 Å². The Morgan fingerprint density at radius 3 is 2.62 bits per heavy atom. The third-order valence-corrected chi connectivity index (χ3v) is 7.09. The minimum atomic E-state index is -0.570. The molecule has 0 spiro atoms. The monoisotopic (exact) mass is 391 g/mol. The predicted molar refractivity (Wildman–Crippen MR) is 109 cm³/mol. The zero-order valence-electron chi connectivity index (χ0n) is 15.4. The van der Waals surface area contributed by atoms with Crippen LogP contribution >= 0.6 is 23.5 Å². The van der Waals surface area contributed by atoms with Crippen molar-refractivity contribution in [3.63, 3.8) is 0 Å². The van der Waals surface area contributed by atoms with Crippen molar-refractivity contribution >= 4 is 40.9 Å². The molecule has 1 aliphatic rings. The van der Waals surface area contributed by atoms with E-state index in [4.69, 9.17) is 16.2 Å². The summed E-state index contributed by atoms with van der Waals surface area (Å²) in [6, 6.07) is 3.81. The summed E-state index contributed by atoms with van der Waals surface area (Å²) in [4.78, 5) is 14.1. The summed E-state index contributed by atoms with van der Waals surface area (Å²) in [5, 5.41) is 9.50. The Morgan fingerprint density at radius 2 is 2.00 bits per heavy atom. The average Bonchev–Trinajstić information content (AvgIpc) is 3.06. The molecule has 0 amide bonds. The van der Waals surface area contributed by atoms with Crippen LogP contribution in [0.2, 0.25) is 0 Å². The normalized spacial score (nSPS) is 15.9. The highest BCUT2D eigenvalue weighted by atomic mass is 32.2. The molecule has 2 rings (SSSR count). The van der Waals surface area contributed by atoms with Gasteiger partial charge in [-0.15, -0.1) is 0 Å². The lowest BCUT2D eigenvalue weighted by Crippen LogP contribution is -2.15. The van der Waals surface area contributed by atoms with E-state index in [-0.39, 0.29) is 5.57 Å². The van der Waals surface area contributed by atoms with E-state index in [1.165, 1.54) is 23.5 Å². The molecule has 0 saturated carbocycles. The van der Waals surface area contributed by atoms with Gasteiger partial charge in [-0.1, -0.05) is 56.6 Å². The molecule has 1 heterocycles. The molecule has 7 heteroatoms.